The summed E-state index contributed by atoms with van der Waals surface area (Å²) in [7, 11) is 0. The molecule has 2 heterocycles. The second kappa shape index (κ2) is 10.0. The average molecular weight is 341 g/mol. The Morgan fingerprint density at radius 1 is 1.04 bits per heavy atom. The lowest BCUT2D eigenvalue weighted by Crippen LogP contribution is -2.34. The number of aliphatic imine (C=N–C) groups is 2. The van der Waals surface area contributed by atoms with Crippen molar-refractivity contribution in [3.63, 3.8) is 0 Å². The number of hydrogen-bond donors (Lipinski definition) is 0. The van der Waals surface area contributed by atoms with E-state index >= 15 is 0 Å². The van der Waals surface area contributed by atoms with Crippen LogP contribution in [-0.4, -0.2) is 37.6 Å². The van der Waals surface area contributed by atoms with E-state index in [0.29, 0.717) is 18.6 Å². The first kappa shape index (κ1) is 22.9. The minimum atomic E-state index is -0.304. The molecule has 0 fully saturated rings. The molecule has 4 nitrogen and oxygen atoms in total. The van der Waals surface area contributed by atoms with E-state index in [9.17, 15) is 0 Å². The van der Waals surface area contributed by atoms with Crippen LogP contribution in [0, 0.1) is 16.7 Å². The zero-order valence-corrected chi connectivity index (χ0v) is 17.7. The first-order valence-corrected chi connectivity index (χ1v) is 9.26. The molecule has 0 radical (unpaired) electrons. The van der Waals surface area contributed by atoms with Gasteiger partial charge in [0.2, 0.25) is 0 Å². The summed E-state index contributed by atoms with van der Waals surface area (Å²) in [4.78, 5) is 8.75. The van der Waals surface area contributed by atoms with Crippen molar-refractivity contribution < 1.29 is 9.47 Å². The summed E-state index contributed by atoms with van der Waals surface area (Å²) >= 11 is 0. The Labute approximate surface area is 150 Å². The van der Waals surface area contributed by atoms with E-state index in [4.69, 9.17) is 9.47 Å². The molecular weight excluding hydrogens is 300 g/mol. The van der Waals surface area contributed by atoms with Crippen LogP contribution >= 0.6 is 0 Å². The standard InChI is InChI=1S/C10H16N2O2.2C5H12/c1-7-6-14-9(12-7)10(2,3)8-11-4-5-13-8;1-5(2,3)4;1-4-5(2)3/h7H,4-6H2,1-3H3;1-4H3;5H,4H2,1-3H3. The highest BCUT2D eigenvalue weighted by atomic mass is 16.5. The molecule has 0 aliphatic carbocycles. The predicted molar refractivity (Wildman–Crippen MR) is 105 cm³/mol. The van der Waals surface area contributed by atoms with Crippen LogP contribution in [0.1, 0.15) is 75.7 Å². The zero-order valence-electron chi connectivity index (χ0n) is 17.7. The molecule has 0 aromatic carbocycles. The van der Waals surface area contributed by atoms with Gasteiger partial charge in [-0.15, -0.1) is 0 Å². The maximum atomic E-state index is 5.53. The molecule has 0 saturated carbocycles. The summed E-state index contributed by atoms with van der Waals surface area (Å²) in [5.74, 6) is 2.39. The Hall–Kier alpha value is -1.06. The molecule has 4 heteroatoms. The van der Waals surface area contributed by atoms with E-state index in [-0.39, 0.29) is 11.5 Å². The van der Waals surface area contributed by atoms with Crippen molar-refractivity contribution in [2.75, 3.05) is 19.8 Å². The highest BCUT2D eigenvalue weighted by Crippen LogP contribution is 2.27. The largest absolute Gasteiger partial charge is 0.478 e. The molecule has 0 saturated heterocycles. The second-order valence-electron chi connectivity index (χ2n) is 9.06. The Bertz CT molecular complexity index is 412. The maximum Gasteiger partial charge on any atom is 0.199 e. The van der Waals surface area contributed by atoms with Gasteiger partial charge in [0.15, 0.2) is 11.8 Å². The zero-order chi connectivity index (χ0) is 19.0. The van der Waals surface area contributed by atoms with Crippen LogP contribution in [0.15, 0.2) is 9.98 Å². The molecule has 142 valence electrons. The van der Waals surface area contributed by atoms with Gasteiger partial charge in [-0.25, -0.2) is 4.99 Å². The van der Waals surface area contributed by atoms with Crippen LogP contribution in [0.5, 0.6) is 0 Å². The number of nitrogens with zero attached hydrogens (tertiary/aromatic N) is 2. The van der Waals surface area contributed by atoms with Crippen LogP contribution in [0.3, 0.4) is 0 Å². The molecule has 0 spiro atoms. The van der Waals surface area contributed by atoms with Crippen molar-refractivity contribution in [2.45, 2.75) is 81.7 Å². The molecule has 0 aromatic heterocycles. The van der Waals surface area contributed by atoms with E-state index in [1.807, 2.05) is 20.8 Å². The summed E-state index contributed by atoms with van der Waals surface area (Å²) in [6.07, 6.45) is 1.31. The third-order valence-electron chi connectivity index (χ3n) is 3.27. The second-order valence-corrected chi connectivity index (χ2v) is 9.06. The lowest BCUT2D eigenvalue weighted by molar-refractivity contribution is 0.273. The van der Waals surface area contributed by atoms with Gasteiger partial charge in [-0.05, 0) is 32.1 Å². The molecule has 24 heavy (non-hydrogen) atoms. The molecule has 2 aliphatic heterocycles. The summed E-state index contributed by atoms with van der Waals surface area (Å²) in [5.41, 5.74) is 0.196. The summed E-state index contributed by atoms with van der Waals surface area (Å²) in [5, 5.41) is 0. The van der Waals surface area contributed by atoms with Crippen molar-refractivity contribution in [2.24, 2.45) is 26.7 Å². The van der Waals surface area contributed by atoms with Crippen LogP contribution in [0.25, 0.3) is 0 Å². The molecular formula is C20H40N2O2. The van der Waals surface area contributed by atoms with Crippen LogP contribution < -0.4 is 0 Å². The van der Waals surface area contributed by atoms with E-state index in [0.717, 1.165) is 24.3 Å². The van der Waals surface area contributed by atoms with Crippen molar-refractivity contribution in [1.29, 1.82) is 0 Å². The number of hydrogen-bond acceptors (Lipinski definition) is 4. The average Bonchev–Trinajstić information content (AvgIpc) is 3.08. The third-order valence-corrected chi connectivity index (χ3v) is 3.27. The predicted octanol–water partition coefficient (Wildman–Crippen LogP) is 5.36. The van der Waals surface area contributed by atoms with Gasteiger partial charge in [0.1, 0.15) is 18.6 Å². The summed E-state index contributed by atoms with van der Waals surface area (Å²) in [6.45, 7) is 23.6. The van der Waals surface area contributed by atoms with Crippen LogP contribution in [0.4, 0.5) is 0 Å². The minimum absolute atomic E-state index is 0.256. The van der Waals surface area contributed by atoms with Crippen LogP contribution in [0.2, 0.25) is 0 Å². The molecule has 0 N–H and O–H groups in total. The van der Waals surface area contributed by atoms with Crippen molar-refractivity contribution in [1.82, 2.24) is 0 Å². The highest BCUT2D eigenvalue weighted by Gasteiger charge is 2.38. The lowest BCUT2D eigenvalue weighted by atomic mass is 9.93. The van der Waals surface area contributed by atoms with Gasteiger partial charge in [-0.2, -0.15) is 0 Å². The Morgan fingerprint density at radius 2 is 1.54 bits per heavy atom. The summed E-state index contributed by atoms with van der Waals surface area (Å²) in [6, 6.07) is 0.256. The highest BCUT2D eigenvalue weighted by molar-refractivity contribution is 6.05. The summed E-state index contributed by atoms with van der Waals surface area (Å²) < 4.78 is 11.0. The van der Waals surface area contributed by atoms with Crippen molar-refractivity contribution in [3.05, 3.63) is 0 Å². The molecule has 0 bridgehead atoms. The fourth-order valence-corrected chi connectivity index (χ4v) is 1.62. The van der Waals surface area contributed by atoms with E-state index in [1.54, 1.807) is 0 Å². The number of ether oxygens (including phenoxy) is 2. The first-order valence-electron chi connectivity index (χ1n) is 9.26. The van der Waals surface area contributed by atoms with Crippen LogP contribution in [-0.2, 0) is 9.47 Å². The third kappa shape index (κ3) is 9.94. The monoisotopic (exact) mass is 340 g/mol. The fraction of sp³-hybridized carbons (Fsp3) is 0.900. The molecule has 2 aliphatic rings. The molecule has 1 unspecified atom stereocenters. The van der Waals surface area contributed by atoms with Gasteiger partial charge in [-0.1, -0.05) is 54.9 Å². The Kier molecular flexibility index (Phi) is 9.61. The maximum absolute atomic E-state index is 5.53. The Balaban J connectivity index is 0.000000442. The minimum Gasteiger partial charge on any atom is -0.478 e. The Morgan fingerprint density at radius 3 is 1.83 bits per heavy atom. The van der Waals surface area contributed by atoms with Gasteiger partial charge in [0.05, 0.1) is 12.6 Å². The quantitative estimate of drug-likeness (QED) is 0.694. The molecule has 2 rings (SSSR count). The lowest BCUT2D eigenvalue weighted by Gasteiger charge is -2.22. The SMILES string of the molecule is CC(C)(C)C.CC1COC(C(C)(C)C2=NCCO2)=N1.CCC(C)C. The van der Waals surface area contributed by atoms with Gasteiger partial charge >= 0.3 is 0 Å². The van der Waals surface area contributed by atoms with Gasteiger partial charge < -0.3 is 9.47 Å². The number of rotatable bonds is 3. The first-order chi connectivity index (χ1) is 10.9. The van der Waals surface area contributed by atoms with E-state index in [1.165, 1.54) is 6.42 Å². The van der Waals surface area contributed by atoms with Crippen molar-refractivity contribution >= 4 is 11.8 Å². The van der Waals surface area contributed by atoms with E-state index < -0.39 is 0 Å². The molecule has 1 atom stereocenters. The molecule has 0 aromatic rings. The smallest absolute Gasteiger partial charge is 0.199 e. The van der Waals surface area contributed by atoms with E-state index in [2.05, 4.69) is 58.5 Å². The topological polar surface area (TPSA) is 43.2 Å². The van der Waals surface area contributed by atoms with Gasteiger partial charge in [0, 0.05) is 0 Å². The normalized spacial score (nSPS) is 20.0. The van der Waals surface area contributed by atoms with Crippen molar-refractivity contribution in [3.8, 4) is 0 Å². The molecule has 0 amide bonds. The van der Waals surface area contributed by atoms with Gasteiger partial charge in [-0.3, -0.25) is 4.99 Å². The fourth-order valence-electron chi connectivity index (χ4n) is 1.62. The van der Waals surface area contributed by atoms with Gasteiger partial charge in [0.25, 0.3) is 0 Å².